The van der Waals surface area contributed by atoms with Crippen LogP contribution in [0.2, 0.25) is 0 Å². The second-order valence-corrected chi connectivity index (χ2v) is 5.71. The van der Waals surface area contributed by atoms with Gasteiger partial charge in [0.25, 0.3) is 6.54 Å². The third-order valence-corrected chi connectivity index (χ3v) is 4.64. The molecule has 2 spiro atoms. The Labute approximate surface area is 102 Å². The zero-order valence-electron chi connectivity index (χ0n) is 10.4. The highest BCUT2D eigenvalue weighted by Crippen LogP contribution is 2.58. The molecule has 1 unspecified atom stereocenters. The maximum atomic E-state index is 12.6. The lowest BCUT2D eigenvalue weighted by Crippen LogP contribution is -2.33. The number of hydrogen-bond acceptors (Lipinski definition) is 1. The van der Waals surface area contributed by atoms with E-state index in [2.05, 4.69) is 13.0 Å². The van der Waals surface area contributed by atoms with E-state index >= 15 is 0 Å². The number of unbranched alkanes of at least 4 members (excludes halogenated alkanes) is 1. The third-order valence-electron chi connectivity index (χ3n) is 4.64. The van der Waals surface area contributed by atoms with Crippen LogP contribution in [-0.2, 0) is 4.79 Å². The van der Waals surface area contributed by atoms with Crippen molar-refractivity contribution in [1.82, 2.24) is 0 Å². The van der Waals surface area contributed by atoms with E-state index in [1.54, 1.807) is 6.54 Å². The normalized spacial score (nSPS) is 33.8. The summed E-state index contributed by atoms with van der Waals surface area (Å²) in [5, 5.41) is 0. The molecular formula is C14H19N2O. The molecule has 1 aliphatic heterocycles. The minimum absolute atomic E-state index is 0.233. The molecule has 0 bridgehead atoms. The summed E-state index contributed by atoms with van der Waals surface area (Å²) < 4.78 is 1.13. The molecule has 0 amide bonds. The Hall–Kier alpha value is -0.990. The van der Waals surface area contributed by atoms with Crippen molar-refractivity contribution in [2.75, 3.05) is 0 Å². The minimum atomic E-state index is -0.709. The van der Waals surface area contributed by atoms with Crippen LogP contribution in [0, 0.1) is 12.0 Å². The quantitative estimate of drug-likeness (QED) is 0.418. The molecule has 3 rings (SSSR count). The standard InChI is InChI=1S/C14H19N2O/c1-2-3-6-11-9-13(7-4-5-8-13)12(17)14(11)10-16(14)15/h9-10H,2-8H2,1H3. The van der Waals surface area contributed by atoms with Crippen molar-refractivity contribution in [3.63, 3.8) is 0 Å². The molecule has 2 aliphatic carbocycles. The van der Waals surface area contributed by atoms with Crippen LogP contribution in [0.5, 0.6) is 0 Å². The highest BCUT2D eigenvalue weighted by Gasteiger charge is 2.74. The molecule has 1 heterocycles. The number of rotatable bonds is 3. The van der Waals surface area contributed by atoms with Crippen molar-refractivity contribution in [2.24, 2.45) is 5.41 Å². The number of carbonyl (C=O) groups is 1. The molecule has 3 nitrogen and oxygen atoms in total. The molecule has 0 aromatic heterocycles. The van der Waals surface area contributed by atoms with E-state index in [-0.39, 0.29) is 11.2 Å². The number of hydrogen-bond donors (Lipinski definition) is 0. The molecule has 17 heavy (non-hydrogen) atoms. The van der Waals surface area contributed by atoms with Gasteiger partial charge in [-0.15, -0.1) is 0 Å². The topological polar surface area (TPSA) is 42.4 Å². The van der Waals surface area contributed by atoms with Gasteiger partial charge in [0.15, 0.2) is 0 Å². The van der Waals surface area contributed by atoms with Crippen molar-refractivity contribution in [3.05, 3.63) is 23.7 Å². The van der Waals surface area contributed by atoms with Gasteiger partial charge in [-0.3, -0.25) is 9.49 Å². The Bertz CT molecular complexity index is 418. The number of allylic oxidation sites excluding steroid dienone is 1. The van der Waals surface area contributed by atoms with Gasteiger partial charge in [-0.1, -0.05) is 32.3 Å². The van der Waals surface area contributed by atoms with Gasteiger partial charge in [0.1, 0.15) is 0 Å². The van der Waals surface area contributed by atoms with E-state index in [1.807, 2.05) is 0 Å². The smallest absolute Gasteiger partial charge is 0.300 e. The predicted octanol–water partition coefficient (Wildman–Crippen LogP) is 3.19. The molecule has 1 radical (unpaired) electrons. The SMILES string of the molecule is CCCCC1=CC2(CCCC2)C(=O)C12[CH][N+]2=[N-]. The molecule has 91 valence electrons. The summed E-state index contributed by atoms with van der Waals surface area (Å²) in [6, 6.07) is 0. The monoisotopic (exact) mass is 231 g/mol. The lowest BCUT2D eigenvalue weighted by atomic mass is 9.82. The van der Waals surface area contributed by atoms with Crippen molar-refractivity contribution >= 4 is 5.78 Å². The Morgan fingerprint density at radius 3 is 2.59 bits per heavy atom. The molecule has 2 fully saturated rings. The van der Waals surface area contributed by atoms with Gasteiger partial charge in [0.05, 0.1) is 5.41 Å². The zero-order chi connectivity index (χ0) is 12.1. The van der Waals surface area contributed by atoms with E-state index in [0.29, 0.717) is 0 Å². The van der Waals surface area contributed by atoms with E-state index < -0.39 is 5.54 Å². The minimum Gasteiger partial charge on any atom is -0.505 e. The third kappa shape index (κ3) is 1.31. The number of ketones is 1. The Morgan fingerprint density at radius 1 is 1.41 bits per heavy atom. The van der Waals surface area contributed by atoms with Crippen LogP contribution >= 0.6 is 0 Å². The molecular weight excluding hydrogens is 212 g/mol. The highest BCUT2D eigenvalue weighted by atomic mass is 16.1. The van der Waals surface area contributed by atoms with Gasteiger partial charge in [-0.25, -0.2) is 0 Å². The summed E-state index contributed by atoms with van der Waals surface area (Å²) in [6.07, 6.45) is 9.60. The first-order chi connectivity index (χ1) is 8.16. The summed E-state index contributed by atoms with van der Waals surface area (Å²) in [4.78, 5) is 12.6. The molecule has 1 saturated heterocycles. The largest absolute Gasteiger partial charge is 0.505 e. The summed E-state index contributed by atoms with van der Waals surface area (Å²) in [6.45, 7) is 3.84. The Kier molecular flexibility index (Phi) is 2.29. The van der Waals surface area contributed by atoms with Gasteiger partial charge < -0.3 is 5.53 Å². The van der Waals surface area contributed by atoms with Gasteiger partial charge in [0, 0.05) is 5.57 Å². The number of Topliss-reactive ketones (excluding diaryl/α,β-unsaturated/α-hetero) is 1. The average Bonchev–Trinajstić information content (AvgIpc) is 2.73. The van der Waals surface area contributed by atoms with Crippen LogP contribution in [0.1, 0.15) is 51.9 Å². The first kappa shape index (κ1) is 11.1. The van der Waals surface area contributed by atoms with Crippen LogP contribution in [-0.4, -0.2) is 16.0 Å². The predicted molar refractivity (Wildman–Crippen MR) is 64.2 cm³/mol. The maximum absolute atomic E-state index is 12.6. The molecule has 3 heteroatoms. The van der Waals surface area contributed by atoms with Gasteiger partial charge in [-0.05, 0) is 25.7 Å². The van der Waals surface area contributed by atoms with E-state index in [9.17, 15) is 10.3 Å². The highest BCUT2D eigenvalue weighted by molar-refractivity contribution is 6.03. The van der Waals surface area contributed by atoms with E-state index in [4.69, 9.17) is 0 Å². The van der Waals surface area contributed by atoms with Crippen molar-refractivity contribution < 1.29 is 9.49 Å². The molecule has 3 aliphatic rings. The lowest BCUT2D eigenvalue weighted by Gasteiger charge is -2.17. The second-order valence-electron chi connectivity index (χ2n) is 5.71. The number of carbonyl (C=O) groups excluding carboxylic acids is 1. The van der Waals surface area contributed by atoms with Crippen molar-refractivity contribution in [2.45, 2.75) is 57.4 Å². The van der Waals surface area contributed by atoms with Crippen LogP contribution < -0.4 is 0 Å². The fourth-order valence-corrected chi connectivity index (χ4v) is 3.58. The Morgan fingerprint density at radius 2 is 2.06 bits per heavy atom. The summed E-state index contributed by atoms with van der Waals surface area (Å²) >= 11 is 0. The van der Waals surface area contributed by atoms with Crippen molar-refractivity contribution in [3.8, 4) is 0 Å². The van der Waals surface area contributed by atoms with E-state index in [1.165, 1.54) is 0 Å². The fraction of sp³-hybridized carbons (Fsp3) is 0.714. The first-order valence-corrected chi connectivity index (χ1v) is 6.77. The average molecular weight is 231 g/mol. The summed E-state index contributed by atoms with van der Waals surface area (Å²) in [5.41, 5.74) is 9.92. The van der Waals surface area contributed by atoms with Gasteiger partial charge in [-0.2, -0.15) is 0 Å². The first-order valence-electron chi connectivity index (χ1n) is 6.77. The van der Waals surface area contributed by atoms with Crippen LogP contribution in [0.15, 0.2) is 11.6 Å². The zero-order valence-corrected chi connectivity index (χ0v) is 10.4. The fourth-order valence-electron chi connectivity index (χ4n) is 3.58. The van der Waals surface area contributed by atoms with Crippen LogP contribution in [0.25, 0.3) is 5.53 Å². The summed E-state index contributed by atoms with van der Waals surface area (Å²) in [7, 11) is 0. The van der Waals surface area contributed by atoms with Gasteiger partial charge in [0.2, 0.25) is 5.78 Å². The maximum Gasteiger partial charge on any atom is 0.300 e. The van der Waals surface area contributed by atoms with Crippen LogP contribution in [0.3, 0.4) is 0 Å². The molecule has 1 atom stereocenters. The van der Waals surface area contributed by atoms with E-state index in [0.717, 1.165) is 55.2 Å². The van der Waals surface area contributed by atoms with Gasteiger partial charge >= 0.3 is 5.54 Å². The molecule has 0 aromatic rings. The molecule has 0 N–H and O–H groups in total. The Balaban J connectivity index is 1.93. The second kappa shape index (κ2) is 3.50. The lowest BCUT2D eigenvalue weighted by molar-refractivity contribution is -0.380. The summed E-state index contributed by atoms with van der Waals surface area (Å²) in [5.74, 6) is 0.233. The van der Waals surface area contributed by atoms with Crippen LogP contribution in [0.4, 0.5) is 0 Å². The van der Waals surface area contributed by atoms with Crippen molar-refractivity contribution in [1.29, 1.82) is 0 Å². The molecule has 1 saturated carbocycles. The molecule has 0 aromatic carbocycles. The number of nitrogens with zero attached hydrogens (tertiary/aromatic N) is 2.